The first-order valence-corrected chi connectivity index (χ1v) is 6.65. The van der Waals surface area contributed by atoms with Crippen molar-refractivity contribution in [3.63, 3.8) is 0 Å². The Balaban J connectivity index is 1.95. The Morgan fingerprint density at radius 2 is 2.28 bits per heavy atom. The molecule has 1 aliphatic heterocycles. The normalized spacial score (nSPS) is 19.3. The van der Waals surface area contributed by atoms with E-state index in [0.29, 0.717) is 12.5 Å². The zero-order chi connectivity index (χ0) is 12.8. The van der Waals surface area contributed by atoms with Crippen LogP contribution in [0.15, 0.2) is 24.3 Å². The fourth-order valence-electron chi connectivity index (χ4n) is 2.15. The molecule has 1 atom stereocenters. The molecule has 4 nitrogen and oxygen atoms in total. The van der Waals surface area contributed by atoms with Crippen LogP contribution in [0.25, 0.3) is 0 Å². The summed E-state index contributed by atoms with van der Waals surface area (Å²) in [6.07, 6.45) is 2.91. The van der Waals surface area contributed by atoms with Crippen LogP contribution in [0.3, 0.4) is 0 Å². The maximum Gasteiger partial charge on any atom is 0.224 e. The van der Waals surface area contributed by atoms with Gasteiger partial charge in [-0.1, -0.05) is 13.0 Å². The third kappa shape index (κ3) is 3.74. The number of benzene rings is 1. The molecule has 0 aliphatic carbocycles. The minimum atomic E-state index is 0.0477. The Kier molecular flexibility index (Phi) is 4.59. The summed E-state index contributed by atoms with van der Waals surface area (Å²) in [7, 11) is 0. The van der Waals surface area contributed by atoms with Gasteiger partial charge in [-0.05, 0) is 37.6 Å². The van der Waals surface area contributed by atoms with Gasteiger partial charge in [0.25, 0.3) is 0 Å². The maximum absolute atomic E-state index is 11.3. The van der Waals surface area contributed by atoms with Crippen molar-refractivity contribution in [1.82, 2.24) is 5.32 Å². The van der Waals surface area contributed by atoms with E-state index in [1.54, 1.807) is 0 Å². The highest BCUT2D eigenvalue weighted by Crippen LogP contribution is 2.17. The molecule has 0 aromatic heterocycles. The Bertz CT molecular complexity index is 400. The second-order valence-electron chi connectivity index (χ2n) is 4.67. The standard InChI is InChI=1S/C14H21N3O/c1-2-14(18)17-12-6-3-5-11(9-12)16-13-7-4-8-15-10-13/h3,5-6,9,13,15-16H,2,4,7-8,10H2,1H3,(H,17,18). The molecule has 1 aromatic rings. The van der Waals surface area contributed by atoms with E-state index in [2.05, 4.69) is 16.0 Å². The summed E-state index contributed by atoms with van der Waals surface area (Å²) in [5.74, 6) is 0.0477. The number of nitrogens with one attached hydrogen (secondary N) is 3. The summed E-state index contributed by atoms with van der Waals surface area (Å²) in [5, 5.41) is 9.75. The molecule has 0 bridgehead atoms. The predicted molar refractivity (Wildman–Crippen MR) is 74.9 cm³/mol. The summed E-state index contributed by atoms with van der Waals surface area (Å²) < 4.78 is 0. The fourth-order valence-corrected chi connectivity index (χ4v) is 2.15. The lowest BCUT2D eigenvalue weighted by Gasteiger charge is -2.25. The van der Waals surface area contributed by atoms with E-state index < -0.39 is 0 Å². The lowest BCUT2D eigenvalue weighted by atomic mass is 10.1. The van der Waals surface area contributed by atoms with Crippen molar-refractivity contribution in [1.29, 1.82) is 0 Å². The van der Waals surface area contributed by atoms with Crippen LogP contribution in [-0.2, 0) is 4.79 Å². The number of piperidine rings is 1. The molecule has 1 fully saturated rings. The van der Waals surface area contributed by atoms with Crippen LogP contribution in [-0.4, -0.2) is 25.0 Å². The molecule has 1 saturated heterocycles. The Morgan fingerprint density at radius 1 is 1.44 bits per heavy atom. The first kappa shape index (κ1) is 12.9. The minimum absolute atomic E-state index is 0.0477. The van der Waals surface area contributed by atoms with Crippen molar-refractivity contribution in [3.05, 3.63) is 24.3 Å². The molecule has 0 radical (unpaired) electrons. The number of rotatable bonds is 4. The Labute approximate surface area is 108 Å². The summed E-state index contributed by atoms with van der Waals surface area (Å²) in [4.78, 5) is 11.3. The molecule has 98 valence electrons. The van der Waals surface area contributed by atoms with Crippen molar-refractivity contribution in [3.8, 4) is 0 Å². The van der Waals surface area contributed by atoms with E-state index in [1.807, 2.05) is 31.2 Å². The maximum atomic E-state index is 11.3. The molecule has 3 N–H and O–H groups in total. The van der Waals surface area contributed by atoms with Crippen LogP contribution >= 0.6 is 0 Å². The zero-order valence-electron chi connectivity index (χ0n) is 10.8. The topological polar surface area (TPSA) is 53.2 Å². The van der Waals surface area contributed by atoms with Crippen LogP contribution in [0.5, 0.6) is 0 Å². The lowest BCUT2D eigenvalue weighted by Crippen LogP contribution is -2.38. The lowest BCUT2D eigenvalue weighted by molar-refractivity contribution is -0.115. The third-order valence-corrected chi connectivity index (χ3v) is 3.14. The molecule has 4 heteroatoms. The molecule has 1 heterocycles. The van der Waals surface area contributed by atoms with Crippen LogP contribution in [0.1, 0.15) is 26.2 Å². The number of amides is 1. The average Bonchev–Trinajstić information content (AvgIpc) is 2.40. The molecule has 18 heavy (non-hydrogen) atoms. The number of anilines is 2. The molecule has 0 spiro atoms. The van der Waals surface area contributed by atoms with Crippen LogP contribution in [0.4, 0.5) is 11.4 Å². The van der Waals surface area contributed by atoms with Gasteiger partial charge in [0.15, 0.2) is 0 Å². The van der Waals surface area contributed by atoms with Gasteiger partial charge in [0.2, 0.25) is 5.91 Å². The summed E-state index contributed by atoms with van der Waals surface area (Å²) in [6, 6.07) is 8.39. The van der Waals surface area contributed by atoms with E-state index in [9.17, 15) is 4.79 Å². The largest absolute Gasteiger partial charge is 0.381 e. The van der Waals surface area contributed by atoms with Gasteiger partial charge in [0, 0.05) is 30.4 Å². The number of hydrogen-bond acceptors (Lipinski definition) is 3. The van der Waals surface area contributed by atoms with Crippen molar-refractivity contribution >= 4 is 17.3 Å². The summed E-state index contributed by atoms with van der Waals surface area (Å²) in [6.45, 7) is 3.97. The quantitative estimate of drug-likeness (QED) is 0.764. The molecular formula is C14H21N3O. The van der Waals surface area contributed by atoms with Gasteiger partial charge in [0.05, 0.1) is 0 Å². The average molecular weight is 247 g/mol. The van der Waals surface area contributed by atoms with Gasteiger partial charge < -0.3 is 16.0 Å². The molecule has 1 unspecified atom stereocenters. The van der Waals surface area contributed by atoms with Crippen molar-refractivity contribution in [2.45, 2.75) is 32.2 Å². The fraction of sp³-hybridized carbons (Fsp3) is 0.500. The Hall–Kier alpha value is -1.55. The first-order chi connectivity index (χ1) is 8.78. The van der Waals surface area contributed by atoms with Gasteiger partial charge in [-0.3, -0.25) is 4.79 Å². The number of carbonyl (C=O) groups excluding carboxylic acids is 1. The number of carbonyl (C=O) groups is 1. The van der Waals surface area contributed by atoms with Gasteiger partial charge >= 0.3 is 0 Å². The van der Waals surface area contributed by atoms with Crippen molar-refractivity contribution in [2.24, 2.45) is 0 Å². The monoisotopic (exact) mass is 247 g/mol. The van der Waals surface area contributed by atoms with E-state index in [1.165, 1.54) is 12.8 Å². The van der Waals surface area contributed by atoms with Crippen LogP contribution in [0.2, 0.25) is 0 Å². The van der Waals surface area contributed by atoms with Gasteiger partial charge in [0.1, 0.15) is 0 Å². The van der Waals surface area contributed by atoms with Gasteiger partial charge in [-0.25, -0.2) is 0 Å². The van der Waals surface area contributed by atoms with Crippen molar-refractivity contribution in [2.75, 3.05) is 23.7 Å². The summed E-state index contributed by atoms with van der Waals surface area (Å²) in [5.41, 5.74) is 1.92. The highest BCUT2D eigenvalue weighted by atomic mass is 16.1. The predicted octanol–water partition coefficient (Wildman–Crippen LogP) is 2.20. The highest BCUT2D eigenvalue weighted by Gasteiger charge is 2.12. The SMILES string of the molecule is CCC(=O)Nc1cccc(NC2CCCNC2)c1. The van der Waals surface area contributed by atoms with E-state index in [-0.39, 0.29) is 5.91 Å². The highest BCUT2D eigenvalue weighted by molar-refractivity contribution is 5.90. The van der Waals surface area contributed by atoms with Gasteiger partial charge in [-0.15, -0.1) is 0 Å². The summed E-state index contributed by atoms with van der Waals surface area (Å²) >= 11 is 0. The van der Waals surface area contributed by atoms with E-state index in [4.69, 9.17) is 0 Å². The second kappa shape index (κ2) is 6.40. The number of hydrogen-bond donors (Lipinski definition) is 3. The van der Waals surface area contributed by atoms with Crippen LogP contribution in [0, 0.1) is 0 Å². The van der Waals surface area contributed by atoms with E-state index >= 15 is 0 Å². The Morgan fingerprint density at radius 3 is 3.00 bits per heavy atom. The van der Waals surface area contributed by atoms with Gasteiger partial charge in [-0.2, -0.15) is 0 Å². The zero-order valence-corrected chi connectivity index (χ0v) is 10.8. The third-order valence-electron chi connectivity index (χ3n) is 3.14. The first-order valence-electron chi connectivity index (χ1n) is 6.65. The molecule has 1 aliphatic rings. The second-order valence-corrected chi connectivity index (χ2v) is 4.67. The van der Waals surface area contributed by atoms with Crippen LogP contribution < -0.4 is 16.0 Å². The van der Waals surface area contributed by atoms with E-state index in [0.717, 1.165) is 24.5 Å². The van der Waals surface area contributed by atoms with Crippen molar-refractivity contribution < 1.29 is 4.79 Å². The molecule has 0 saturated carbocycles. The smallest absolute Gasteiger partial charge is 0.224 e. The molecule has 1 aromatic carbocycles. The minimum Gasteiger partial charge on any atom is -0.381 e. The molecular weight excluding hydrogens is 226 g/mol. The molecule has 1 amide bonds. The molecule has 2 rings (SSSR count).